The minimum absolute atomic E-state index is 0.0284. The van der Waals surface area contributed by atoms with E-state index in [0.29, 0.717) is 21.1 Å². The quantitative estimate of drug-likeness (QED) is 0.488. The molecular weight excluding hydrogens is 399 g/mol. The monoisotopic (exact) mass is 418 g/mol. The van der Waals surface area contributed by atoms with Crippen LogP contribution < -0.4 is 5.32 Å². The van der Waals surface area contributed by atoms with E-state index < -0.39 is 0 Å². The van der Waals surface area contributed by atoms with Gasteiger partial charge >= 0.3 is 0 Å². The molecule has 4 rings (SSSR count). The third-order valence-electron chi connectivity index (χ3n) is 5.23. The fourth-order valence-electron chi connectivity index (χ4n) is 3.82. The first-order valence-electron chi connectivity index (χ1n) is 9.21. The zero-order valence-electron chi connectivity index (χ0n) is 14.8. The van der Waals surface area contributed by atoms with Crippen molar-refractivity contribution < 1.29 is 4.79 Å². The van der Waals surface area contributed by atoms with Crippen LogP contribution in [0.3, 0.4) is 0 Å². The summed E-state index contributed by atoms with van der Waals surface area (Å²) in [4.78, 5) is 17.7. The second-order valence-electron chi connectivity index (χ2n) is 7.09. The molecule has 3 nitrogen and oxygen atoms in total. The fraction of sp³-hybridized carbons (Fsp3) is 0.333. The molecule has 1 aromatic heterocycles. The maximum Gasteiger partial charge on any atom is 0.233 e. The normalized spacial score (nSPS) is 15.9. The Morgan fingerprint density at radius 3 is 2.67 bits per heavy atom. The van der Waals surface area contributed by atoms with Crippen molar-refractivity contribution in [1.82, 2.24) is 4.98 Å². The fourth-order valence-corrected chi connectivity index (χ4v) is 5.00. The van der Waals surface area contributed by atoms with Crippen LogP contribution in [0.1, 0.15) is 43.6 Å². The average molecular weight is 419 g/mol. The van der Waals surface area contributed by atoms with Crippen molar-refractivity contribution >= 4 is 55.8 Å². The van der Waals surface area contributed by atoms with Gasteiger partial charge in [0.15, 0.2) is 5.13 Å². The number of nitrogens with zero attached hydrogens (tertiary/aromatic N) is 1. The van der Waals surface area contributed by atoms with Crippen molar-refractivity contribution in [2.24, 2.45) is 5.92 Å². The van der Waals surface area contributed by atoms with E-state index in [1.807, 2.05) is 36.4 Å². The van der Waals surface area contributed by atoms with Crippen LogP contribution in [0.5, 0.6) is 0 Å². The van der Waals surface area contributed by atoms with E-state index in [0.717, 1.165) is 22.2 Å². The van der Waals surface area contributed by atoms with Gasteiger partial charge in [-0.25, -0.2) is 4.98 Å². The summed E-state index contributed by atoms with van der Waals surface area (Å²) >= 11 is 13.8. The number of hydrogen-bond donors (Lipinski definition) is 1. The largest absolute Gasteiger partial charge is 0.301 e. The summed E-state index contributed by atoms with van der Waals surface area (Å²) in [5.74, 6) is 0.291. The second-order valence-corrected chi connectivity index (χ2v) is 8.93. The molecule has 0 bridgehead atoms. The molecular formula is C21H20Cl2N2OS. The number of fused-ring (bicyclic) bond motifs is 1. The van der Waals surface area contributed by atoms with Crippen LogP contribution in [0.2, 0.25) is 10.0 Å². The van der Waals surface area contributed by atoms with E-state index in [4.69, 9.17) is 23.2 Å². The Hall–Kier alpha value is -1.62. The molecule has 3 aromatic rings. The molecule has 1 aliphatic carbocycles. The summed E-state index contributed by atoms with van der Waals surface area (Å²) in [6, 6.07) is 13.4. The lowest BCUT2D eigenvalue weighted by Gasteiger charge is -2.20. The van der Waals surface area contributed by atoms with Crippen molar-refractivity contribution in [3.63, 3.8) is 0 Å². The maximum atomic E-state index is 13.2. The Balaban J connectivity index is 1.59. The van der Waals surface area contributed by atoms with Gasteiger partial charge in [0.1, 0.15) is 0 Å². The molecule has 1 aliphatic rings. The minimum Gasteiger partial charge on any atom is -0.301 e. The predicted molar refractivity (Wildman–Crippen MR) is 114 cm³/mol. The molecule has 1 heterocycles. The van der Waals surface area contributed by atoms with Crippen LogP contribution in [0, 0.1) is 5.92 Å². The first-order chi connectivity index (χ1) is 13.1. The van der Waals surface area contributed by atoms with Crippen molar-refractivity contribution in [3.8, 4) is 0 Å². The van der Waals surface area contributed by atoms with Gasteiger partial charge in [-0.15, -0.1) is 0 Å². The van der Waals surface area contributed by atoms with Crippen LogP contribution >= 0.6 is 34.5 Å². The summed E-state index contributed by atoms with van der Waals surface area (Å²) in [5.41, 5.74) is 1.81. The summed E-state index contributed by atoms with van der Waals surface area (Å²) in [5, 5.41) is 4.66. The highest BCUT2D eigenvalue weighted by atomic mass is 35.5. The van der Waals surface area contributed by atoms with Crippen LogP contribution in [0.15, 0.2) is 42.5 Å². The number of benzene rings is 2. The molecule has 2 aromatic carbocycles. The topological polar surface area (TPSA) is 42.0 Å². The summed E-state index contributed by atoms with van der Waals surface area (Å²) in [7, 11) is 0. The highest BCUT2D eigenvalue weighted by Crippen LogP contribution is 2.37. The van der Waals surface area contributed by atoms with E-state index in [1.54, 1.807) is 6.07 Å². The molecule has 0 unspecified atom stereocenters. The first-order valence-corrected chi connectivity index (χ1v) is 10.8. The van der Waals surface area contributed by atoms with E-state index in [1.165, 1.54) is 37.0 Å². The summed E-state index contributed by atoms with van der Waals surface area (Å²) in [6.07, 6.45) is 5.70. The number of anilines is 1. The van der Waals surface area contributed by atoms with Crippen molar-refractivity contribution in [2.45, 2.75) is 38.0 Å². The van der Waals surface area contributed by atoms with Crippen LogP contribution in [-0.4, -0.2) is 10.9 Å². The third kappa shape index (κ3) is 4.29. The second kappa shape index (κ2) is 8.17. The molecule has 1 saturated carbocycles. The van der Waals surface area contributed by atoms with Crippen molar-refractivity contribution in [1.29, 1.82) is 0 Å². The number of aromatic nitrogens is 1. The standard InChI is InChI=1S/C21H20Cl2N2OS/c22-16-10-9-14(12-17(16)23)15(11-13-5-1-2-6-13)20(26)25-21-24-18-7-3-4-8-19(18)27-21/h3-4,7-10,12-13,15H,1-2,5-6,11H2,(H,24,25,26)/t15-/m1/s1. The molecule has 1 N–H and O–H groups in total. The van der Waals surface area contributed by atoms with Gasteiger partial charge in [0.05, 0.1) is 26.2 Å². The lowest BCUT2D eigenvalue weighted by atomic mass is 9.87. The molecule has 1 fully saturated rings. The van der Waals surface area contributed by atoms with E-state index in [9.17, 15) is 4.79 Å². The molecule has 0 aliphatic heterocycles. The van der Waals surface area contributed by atoms with E-state index >= 15 is 0 Å². The van der Waals surface area contributed by atoms with Gasteiger partial charge in [-0.1, -0.05) is 78.4 Å². The number of hydrogen-bond acceptors (Lipinski definition) is 3. The number of para-hydroxylation sites is 1. The Kier molecular flexibility index (Phi) is 5.67. The third-order valence-corrected chi connectivity index (χ3v) is 6.92. The number of carbonyl (C=O) groups is 1. The number of carbonyl (C=O) groups excluding carboxylic acids is 1. The lowest BCUT2D eigenvalue weighted by Crippen LogP contribution is -2.23. The zero-order chi connectivity index (χ0) is 18.8. The highest BCUT2D eigenvalue weighted by molar-refractivity contribution is 7.22. The predicted octanol–water partition coefficient (Wildman–Crippen LogP) is 6.91. The smallest absolute Gasteiger partial charge is 0.233 e. The van der Waals surface area contributed by atoms with Crippen LogP contribution in [0.4, 0.5) is 5.13 Å². The number of amides is 1. The van der Waals surface area contributed by atoms with Gasteiger partial charge in [-0.3, -0.25) is 4.79 Å². The molecule has 0 saturated heterocycles. The molecule has 0 spiro atoms. The van der Waals surface area contributed by atoms with E-state index in [2.05, 4.69) is 10.3 Å². The average Bonchev–Trinajstić information content (AvgIpc) is 3.30. The summed E-state index contributed by atoms with van der Waals surface area (Å²) < 4.78 is 1.06. The van der Waals surface area contributed by atoms with Gasteiger partial charge in [-0.2, -0.15) is 0 Å². The Bertz CT molecular complexity index is 933. The van der Waals surface area contributed by atoms with Gasteiger partial charge in [-0.05, 0) is 42.2 Å². The molecule has 1 atom stereocenters. The first kappa shape index (κ1) is 18.7. The van der Waals surface area contributed by atoms with E-state index in [-0.39, 0.29) is 11.8 Å². The number of rotatable bonds is 5. The SMILES string of the molecule is O=C(Nc1nc2ccccc2s1)[C@H](CC1CCCC1)c1ccc(Cl)c(Cl)c1. The lowest BCUT2D eigenvalue weighted by molar-refractivity contribution is -0.118. The van der Waals surface area contributed by atoms with Crippen LogP contribution in [0.25, 0.3) is 10.2 Å². The Morgan fingerprint density at radius 1 is 1.15 bits per heavy atom. The molecule has 140 valence electrons. The highest BCUT2D eigenvalue weighted by Gasteiger charge is 2.27. The number of halogens is 2. The molecule has 6 heteroatoms. The molecule has 27 heavy (non-hydrogen) atoms. The van der Waals surface area contributed by atoms with Gasteiger partial charge < -0.3 is 5.32 Å². The molecule has 1 amide bonds. The van der Waals surface area contributed by atoms with Gasteiger partial charge in [0.2, 0.25) is 5.91 Å². The zero-order valence-corrected chi connectivity index (χ0v) is 17.1. The maximum absolute atomic E-state index is 13.2. The van der Waals surface area contributed by atoms with Gasteiger partial charge in [0.25, 0.3) is 0 Å². The Morgan fingerprint density at radius 2 is 1.93 bits per heavy atom. The number of nitrogens with one attached hydrogen (secondary N) is 1. The van der Waals surface area contributed by atoms with Gasteiger partial charge in [0, 0.05) is 0 Å². The Labute approximate surface area is 172 Å². The van der Waals surface area contributed by atoms with Crippen molar-refractivity contribution in [2.75, 3.05) is 5.32 Å². The molecule has 0 radical (unpaired) electrons. The summed E-state index contributed by atoms with van der Waals surface area (Å²) in [6.45, 7) is 0. The van der Waals surface area contributed by atoms with Crippen molar-refractivity contribution in [3.05, 3.63) is 58.1 Å². The minimum atomic E-state index is -0.255. The van der Waals surface area contributed by atoms with Crippen LogP contribution in [-0.2, 0) is 4.79 Å². The number of thiazole rings is 1.